The van der Waals surface area contributed by atoms with Gasteiger partial charge in [-0.15, -0.1) is 11.3 Å². The van der Waals surface area contributed by atoms with Gasteiger partial charge in [-0.2, -0.15) is 0 Å². The van der Waals surface area contributed by atoms with Gasteiger partial charge in [-0.3, -0.25) is 14.4 Å². The predicted octanol–water partition coefficient (Wildman–Crippen LogP) is 3.80. The van der Waals surface area contributed by atoms with E-state index in [4.69, 9.17) is 11.6 Å². The van der Waals surface area contributed by atoms with E-state index in [1.807, 2.05) is 13.0 Å². The fraction of sp³-hybridized carbons (Fsp3) is 0.350. The van der Waals surface area contributed by atoms with Crippen molar-refractivity contribution in [1.82, 2.24) is 9.80 Å². The normalized spacial score (nSPS) is 14.2. The van der Waals surface area contributed by atoms with E-state index >= 15 is 0 Å². The molecule has 0 spiro atoms. The number of Topliss-reactive ketones (excluding diaryl/α,β-unsaturated/α-hetero) is 1. The van der Waals surface area contributed by atoms with Crippen LogP contribution in [0.3, 0.4) is 0 Å². The monoisotopic (exact) mass is 422 g/mol. The molecule has 5 nitrogen and oxygen atoms in total. The molecule has 2 aromatic rings. The summed E-state index contributed by atoms with van der Waals surface area (Å²) in [6.07, 6.45) is 0.318. The number of hydrogen-bond acceptors (Lipinski definition) is 4. The van der Waals surface area contributed by atoms with E-state index in [-0.39, 0.29) is 30.1 Å². The van der Waals surface area contributed by atoms with Crippen molar-refractivity contribution in [1.29, 1.82) is 0 Å². The lowest BCUT2D eigenvalue weighted by Gasteiger charge is -2.35. The van der Waals surface area contributed by atoms with Crippen molar-refractivity contribution in [2.45, 2.75) is 19.8 Å². The average Bonchev–Trinajstić information content (AvgIpc) is 3.13. The molecule has 0 aliphatic carbocycles. The number of aryl methyl sites for hydroxylation is 1. The molecule has 8 heteroatoms. The lowest BCUT2D eigenvalue weighted by molar-refractivity contribution is -0.132. The Balaban J connectivity index is 1.50. The molecular weight excluding hydrogens is 403 g/mol. The van der Waals surface area contributed by atoms with Crippen LogP contribution in [0.25, 0.3) is 0 Å². The molecule has 1 aromatic carbocycles. The molecule has 0 radical (unpaired) electrons. The standard InChI is InChI=1S/C20H20ClFN2O3S/c1-13-2-6-18(28-13)17(25)5-7-19(26)23-8-10-24(11-9-23)20(27)15-12-14(21)3-4-16(15)22/h2-4,6,12H,5,7-11H2,1H3. The predicted molar refractivity (Wildman–Crippen MR) is 107 cm³/mol. The van der Waals surface area contributed by atoms with Gasteiger partial charge in [0, 0.05) is 48.9 Å². The van der Waals surface area contributed by atoms with Crippen molar-refractivity contribution in [3.8, 4) is 0 Å². The molecular formula is C20H20ClFN2O3S. The molecule has 2 heterocycles. The van der Waals surface area contributed by atoms with E-state index in [1.165, 1.54) is 34.4 Å². The molecule has 0 saturated carbocycles. The summed E-state index contributed by atoms with van der Waals surface area (Å²) >= 11 is 7.28. The van der Waals surface area contributed by atoms with E-state index in [2.05, 4.69) is 0 Å². The Morgan fingerprint density at radius 1 is 1.04 bits per heavy atom. The molecule has 0 atom stereocenters. The zero-order valence-electron chi connectivity index (χ0n) is 15.4. The lowest BCUT2D eigenvalue weighted by Crippen LogP contribution is -2.50. The van der Waals surface area contributed by atoms with Crippen molar-refractivity contribution in [3.63, 3.8) is 0 Å². The van der Waals surface area contributed by atoms with Gasteiger partial charge in [0.05, 0.1) is 10.4 Å². The number of rotatable bonds is 5. The van der Waals surface area contributed by atoms with Crippen molar-refractivity contribution in [2.24, 2.45) is 0 Å². The number of benzene rings is 1. The summed E-state index contributed by atoms with van der Waals surface area (Å²) in [5.41, 5.74) is -0.0656. The first kappa shape index (κ1) is 20.5. The van der Waals surface area contributed by atoms with Gasteiger partial charge in [-0.25, -0.2) is 4.39 Å². The minimum absolute atomic E-state index is 0.0308. The second-order valence-corrected chi connectivity index (χ2v) is 8.35. The quantitative estimate of drug-likeness (QED) is 0.689. The van der Waals surface area contributed by atoms with Crippen molar-refractivity contribution >= 4 is 40.5 Å². The third-order valence-electron chi connectivity index (χ3n) is 4.66. The molecule has 2 amide bonds. The van der Waals surface area contributed by atoms with Gasteiger partial charge in [0.2, 0.25) is 5.91 Å². The Morgan fingerprint density at radius 2 is 1.71 bits per heavy atom. The van der Waals surface area contributed by atoms with Crippen molar-refractivity contribution in [2.75, 3.05) is 26.2 Å². The molecule has 28 heavy (non-hydrogen) atoms. The van der Waals surface area contributed by atoms with Gasteiger partial charge >= 0.3 is 0 Å². The third-order valence-corrected chi connectivity index (χ3v) is 5.94. The molecule has 1 aromatic heterocycles. The van der Waals surface area contributed by atoms with E-state index in [0.29, 0.717) is 36.1 Å². The molecule has 1 aliphatic heterocycles. The minimum Gasteiger partial charge on any atom is -0.339 e. The Kier molecular flexibility index (Phi) is 6.46. The molecule has 3 rings (SSSR count). The van der Waals surface area contributed by atoms with Crippen molar-refractivity contribution < 1.29 is 18.8 Å². The Labute approximate surface area is 171 Å². The van der Waals surface area contributed by atoms with Crippen LogP contribution in [0.2, 0.25) is 5.02 Å². The number of ketones is 1. The summed E-state index contributed by atoms with van der Waals surface area (Å²) in [6.45, 7) is 3.28. The maximum atomic E-state index is 13.9. The van der Waals surface area contributed by atoms with Crippen LogP contribution >= 0.6 is 22.9 Å². The number of halogens is 2. The zero-order valence-corrected chi connectivity index (χ0v) is 17.0. The first-order chi connectivity index (χ1) is 13.3. The van der Waals surface area contributed by atoms with Crippen LogP contribution in [0.15, 0.2) is 30.3 Å². The largest absolute Gasteiger partial charge is 0.339 e. The molecule has 0 unspecified atom stereocenters. The maximum absolute atomic E-state index is 13.9. The van der Waals surface area contributed by atoms with Crippen LogP contribution in [0.1, 0.15) is 37.7 Å². The third kappa shape index (κ3) is 4.77. The summed E-state index contributed by atoms with van der Waals surface area (Å²) in [4.78, 5) is 41.9. The van der Waals surface area contributed by atoms with Gasteiger partial charge in [-0.05, 0) is 37.3 Å². The molecule has 1 saturated heterocycles. The van der Waals surface area contributed by atoms with Crippen LogP contribution in [0, 0.1) is 12.7 Å². The summed E-state index contributed by atoms with van der Waals surface area (Å²) in [6, 6.07) is 7.55. The SMILES string of the molecule is Cc1ccc(C(=O)CCC(=O)N2CCN(C(=O)c3cc(Cl)ccc3F)CC2)s1. The second-order valence-electron chi connectivity index (χ2n) is 6.63. The maximum Gasteiger partial charge on any atom is 0.257 e. The first-order valence-corrected chi connectivity index (χ1v) is 10.2. The number of piperazine rings is 1. The number of amides is 2. The Hall–Kier alpha value is -2.25. The zero-order chi connectivity index (χ0) is 20.3. The van der Waals surface area contributed by atoms with Crippen LogP contribution in [-0.4, -0.2) is 53.6 Å². The summed E-state index contributed by atoms with van der Waals surface area (Å²) in [5, 5.41) is 0.296. The van der Waals surface area contributed by atoms with Gasteiger partial charge in [-0.1, -0.05) is 11.6 Å². The second kappa shape index (κ2) is 8.84. The highest BCUT2D eigenvalue weighted by molar-refractivity contribution is 7.14. The number of nitrogens with zero attached hydrogens (tertiary/aromatic N) is 2. The molecule has 148 valence electrons. The lowest BCUT2D eigenvalue weighted by atomic mass is 10.1. The highest BCUT2D eigenvalue weighted by atomic mass is 35.5. The van der Waals surface area contributed by atoms with Gasteiger partial charge < -0.3 is 9.80 Å². The molecule has 1 aliphatic rings. The molecule has 1 fully saturated rings. The Morgan fingerprint density at radius 3 is 2.36 bits per heavy atom. The molecule has 0 bridgehead atoms. The summed E-state index contributed by atoms with van der Waals surface area (Å²) in [5.74, 6) is -1.19. The topological polar surface area (TPSA) is 57.7 Å². The van der Waals surface area contributed by atoms with Crippen LogP contribution in [0.5, 0.6) is 0 Å². The van der Waals surface area contributed by atoms with Crippen LogP contribution < -0.4 is 0 Å². The minimum atomic E-state index is -0.616. The molecule has 0 N–H and O–H groups in total. The van der Waals surface area contributed by atoms with Gasteiger partial charge in [0.1, 0.15) is 5.82 Å². The number of hydrogen-bond donors (Lipinski definition) is 0. The smallest absolute Gasteiger partial charge is 0.257 e. The van der Waals surface area contributed by atoms with Gasteiger partial charge in [0.25, 0.3) is 5.91 Å². The number of carbonyl (C=O) groups excluding carboxylic acids is 3. The van der Waals surface area contributed by atoms with E-state index in [1.54, 1.807) is 11.0 Å². The van der Waals surface area contributed by atoms with Crippen molar-refractivity contribution in [3.05, 3.63) is 56.5 Å². The number of thiophene rings is 1. The first-order valence-electron chi connectivity index (χ1n) is 8.97. The summed E-state index contributed by atoms with van der Waals surface area (Å²) < 4.78 is 13.9. The van der Waals surface area contributed by atoms with E-state index in [9.17, 15) is 18.8 Å². The van der Waals surface area contributed by atoms with Crippen LogP contribution in [0.4, 0.5) is 4.39 Å². The van der Waals surface area contributed by atoms with E-state index in [0.717, 1.165) is 4.88 Å². The fourth-order valence-corrected chi connectivity index (χ4v) is 4.08. The summed E-state index contributed by atoms with van der Waals surface area (Å²) in [7, 11) is 0. The number of carbonyl (C=O) groups is 3. The van der Waals surface area contributed by atoms with E-state index < -0.39 is 11.7 Å². The highest BCUT2D eigenvalue weighted by Crippen LogP contribution is 2.19. The highest BCUT2D eigenvalue weighted by Gasteiger charge is 2.26. The Bertz CT molecular complexity index is 907. The average molecular weight is 423 g/mol. The van der Waals surface area contributed by atoms with Crippen LogP contribution in [-0.2, 0) is 4.79 Å². The fourth-order valence-electron chi connectivity index (χ4n) is 3.08. The van der Waals surface area contributed by atoms with Gasteiger partial charge in [0.15, 0.2) is 5.78 Å².